The van der Waals surface area contributed by atoms with E-state index in [2.05, 4.69) is 5.16 Å². The summed E-state index contributed by atoms with van der Waals surface area (Å²) < 4.78 is 4.85. The van der Waals surface area contributed by atoms with E-state index in [1.54, 1.807) is 12.1 Å². The van der Waals surface area contributed by atoms with Crippen LogP contribution in [0, 0.1) is 0 Å². The Bertz CT molecular complexity index is 600. The molecule has 0 saturated heterocycles. The Labute approximate surface area is 137 Å². The van der Waals surface area contributed by atoms with Gasteiger partial charge in [0.15, 0.2) is 0 Å². The Hall–Kier alpha value is -1.10. The molecule has 5 heteroatoms. The van der Waals surface area contributed by atoms with Crippen molar-refractivity contribution in [1.29, 1.82) is 0 Å². The summed E-state index contributed by atoms with van der Waals surface area (Å²) in [4.78, 5) is 11.8. The minimum Gasteiger partial charge on any atom is -1.00 e. The van der Waals surface area contributed by atoms with Gasteiger partial charge in [-0.15, -0.1) is 0 Å². The molecule has 0 spiro atoms. The van der Waals surface area contributed by atoms with Gasteiger partial charge in [0, 0.05) is 6.92 Å². The van der Waals surface area contributed by atoms with E-state index >= 15 is 0 Å². The van der Waals surface area contributed by atoms with Gasteiger partial charge < -0.3 is 12.8 Å². The summed E-state index contributed by atoms with van der Waals surface area (Å²) in [5.41, 5.74) is 0.450. The Morgan fingerprint density at radius 2 is 1.89 bits per heavy atom. The molecule has 0 saturated carbocycles. The van der Waals surface area contributed by atoms with Crippen molar-refractivity contribution in [3.8, 4) is 0 Å². The van der Waals surface area contributed by atoms with E-state index in [4.69, 9.17) is 9.94 Å². The van der Waals surface area contributed by atoms with Crippen LogP contribution in [0.4, 0.5) is 0 Å². The van der Waals surface area contributed by atoms with Crippen molar-refractivity contribution in [2.45, 2.75) is 6.92 Å². The number of esters is 1. The van der Waals surface area contributed by atoms with E-state index in [0.717, 1.165) is 10.8 Å². The van der Waals surface area contributed by atoms with E-state index in [1.807, 2.05) is 30.3 Å². The van der Waals surface area contributed by atoms with Crippen LogP contribution in [0.1, 0.15) is 20.1 Å². The smallest absolute Gasteiger partial charge is 1.00 e. The fourth-order valence-corrected chi connectivity index (χ4v) is 1.61. The number of hydrogen-bond donors (Lipinski definition) is 1. The SMILES string of the molecule is CC(=NO)OC(=O)c1cccc2ccccc12.[Ca+2].[H-].[H-]. The summed E-state index contributed by atoms with van der Waals surface area (Å²) in [5, 5.41) is 13.0. The molecule has 0 amide bonds. The van der Waals surface area contributed by atoms with Crippen LogP contribution in [0.5, 0.6) is 0 Å². The first-order valence-electron chi connectivity index (χ1n) is 5.11. The van der Waals surface area contributed by atoms with Crippen molar-refractivity contribution in [2.75, 3.05) is 0 Å². The maximum Gasteiger partial charge on any atom is 2.00 e. The summed E-state index contributed by atoms with van der Waals surface area (Å²) in [5.74, 6) is -0.611. The molecule has 0 atom stereocenters. The number of hydrogen-bond acceptors (Lipinski definition) is 4. The van der Waals surface area contributed by atoms with Crippen LogP contribution in [0.25, 0.3) is 10.8 Å². The summed E-state index contributed by atoms with van der Waals surface area (Å²) in [6.45, 7) is 1.41. The number of carbonyl (C=O) groups excluding carboxylic acids is 1. The molecular weight excluding hydrogens is 258 g/mol. The normalized spacial score (nSPS) is 10.8. The Kier molecular flexibility index (Phi) is 5.59. The van der Waals surface area contributed by atoms with Crippen molar-refractivity contribution in [3.63, 3.8) is 0 Å². The Balaban J connectivity index is 0. The van der Waals surface area contributed by atoms with Crippen LogP contribution >= 0.6 is 0 Å². The van der Waals surface area contributed by atoms with E-state index in [1.165, 1.54) is 6.92 Å². The monoisotopic (exact) mass is 271 g/mol. The number of fused-ring (bicyclic) bond motifs is 1. The quantitative estimate of drug-likeness (QED) is 0.217. The predicted octanol–water partition coefficient (Wildman–Crippen LogP) is 2.65. The number of benzene rings is 2. The topological polar surface area (TPSA) is 58.9 Å². The minimum atomic E-state index is -0.530. The molecule has 90 valence electrons. The number of oxime groups is 1. The van der Waals surface area contributed by atoms with Gasteiger partial charge in [0.05, 0.1) is 5.56 Å². The van der Waals surface area contributed by atoms with E-state index in [9.17, 15) is 4.79 Å². The largest absolute Gasteiger partial charge is 2.00 e. The summed E-state index contributed by atoms with van der Waals surface area (Å²) >= 11 is 0. The number of rotatable bonds is 1. The van der Waals surface area contributed by atoms with Gasteiger partial charge in [-0.2, -0.15) is 0 Å². The first kappa shape index (κ1) is 15.0. The Morgan fingerprint density at radius 3 is 2.61 bits per heavy atom. The van der Waals surface area contributed by atoms with Crippen LogP contribution in [0.15, 0.2) is 47.6 Å². The summed E-state index contributed by atoms with van der Waals surface area (Å²) in [7, 11) is 0. The molecule has 0 bridgehead atoms. The molecule has 0 radical (unpaired) electrons. The fraction of sp³-hybridized carbons (Fsp3) is 0.0769. The van der Waals surface area contributed by atoms with Gasteiger partial charge in [0.2, 0.25) is 5.90 Å². The van der Waals surface area contributed by atoms with Crippen LogP contribution in [-0.4, -0.2) is 54.8 Å². The number of carbonyl (C=O) groups is 1. The van der Waals surface area contributed by atoms with E-state index in [-0.39, 0.29) is 46.5 Å². The van der Waals surface area contributed by atoms with Crippen LogP contribution in [-0.2, 0) is 4.74 Å². The van der Waals surface area contributed by atoms with E-state index < -0.39 is 5.97 Å². The zero-order valence-electron chi connectivity index (χ0n) is 12.0. The van der Waals surface area contributed by atoms with Crippen LogP contribution in [0.3, 0.4) is 0 Å². The molecule has 2 aromatic rings. The second kappa shape index (κ2) is 6.73. The van der Waals surface area contributed by atoms with Gasteiger partial charge in [-0.25, -0.2) is 4.79 Å². The second-order valence-corrected chi connectivity index (χ2v) is 3.54. The van der Waals surface area contributed by atoms with Gasteiger partial charge in [0.1, 0.15) is 0 Å². The number of nitrogens with zero attached hydrogens (tertiary/aromatic N) is 1. The zero-order chi connectivity index (χ0) is 12.3. The minimum absolute atomic E-state index is 0. The van der Waals surface area contributed by atoms with Crippen molar-refractivity contribution in [2.24, 2.45) is 5.16 Å². The third kappa shape index (κ3) is 3.22. The maximum absolute atomic E-state index is 11.8. The average molecular weight is 271 g/mol. The number of ether oxygens (including phenoxy) is 1. The molecule has 0 aromatic heterocycles. The van der Waals surface area contributed by atoms with E-state index in [0.29, 0.717) is 5.56 Å². The standard InChI is InChI=1S/C13H11NO3.Ca.2H/c1-9(14-16)17-13(15)12-8-4-6-10-5-2-3-7-11(10)12;;;/h2-8,16H,1H3;;;/q;+2;2*-1. The molecule has 2 rings (SSSR count). The first-order chi connectivity index (χ1) is 8.22. The molecule has 0 aliphatic heterocycles. The zero-order valence-corrected chi connectivity index (χ0v) is 12.2. The van der Waals surface area contributed by atoms with Crippen molar-refractivity contribution in [1.82, 2.24) is 0 Å². The second-order valence-electron chi connectivity index (χ2n) is 3.54. The molecule has 0 heterocycles. The molecule has 0 fully saturated rings. The van der Waals surface area contributed by atoms with Gasteiger partial charge in [0.25, 0.3) is 0 Å². The predicted molar refractivity (Wildman–Crippen MR) is 72.2 cm³/mol. The molecule has 1 N–H and O–H groups in total. The Morgan fingerprint density at radius 1 is 1.22 bits per heavy atom. The van der Waals surface area contributed by atoms with Gasteiger partial charge >= 0.3 is 43.7 Å². The first-order valence-corrected chi connectivity index (χ1v) is 5.11. The van der Waals surface area contributed by atoms with Gasteiger partial charge in [-0.3, -0.25) is 0 Å². The third-order valence-corrected chi connectivity index (χ3v) is 2.39. The molecule has 0 aliphatic carbocycles. The van der Waals surface area contributed by atoms with Gasteiger partial charge in [-0.1, -0.05) is 41.6 Å². The molecule has 18 heavy (non-hydrogen) atoms. The summed E-state index contributed by atoms with van der Waals surface area (Å²) in [6, 6.07) is 12.9. The molecule has 0 aliphatic rings. The molecule has 2 aromatic carbocycles. The average Bonchev–Trinajstić information content (AvgIpc) is 2.37. The van der Waals surface area contributed by atoms with Crippen molar-refractivity contribution in [3.05, 3.63) is 48.0 Å². The molecular formula is C13H13CaNO3. The summed E-state index contributed by atoms with van der Waals surface area (Å²) in [6.07, 6.45) is 0. The van der Waals surface area contributed by atoms with Crippen LogP contribution < -0.4 is 0 Å². The van der Waals surface area contributed by atoms with Crippen molar-refractivity contribution >= 4 is 60.4 Å². The fourth-order valence-electron chi connectivity index (χ4n) is 1.61. The third-order valence-electron chi connectivity index (χ3n) is 2.39. The van der Waals surface area contributed by atoms with Crippen LogP contribution in [0.2, 0.25) is 0 Å². The van der Waals surface area contributed by atoms with Crippen molar-refractivity contribution < 1.29 is 17.6 Å². The maximum atomic E-state index is 11.8. The molecule has 0 unspecified atom stereocenters. The molecule has 4 nitrogen and oxygen atoms in total. The van der Waals surface area contributed by atoms with Gasteiger partial charge in [-0.05, 0) is 16.8 Å².